The molecule has 0 radical (unpaired) electrons. The van der Waals surface area contributed by atoms with Crippen molar-refractivity contribution in [2.45, 2.75) is 13.3 Å². The van der Waals surface area contributed by atoms with Crippen LogP contribution in [-0.4, -0.2) is 18.4 Å². The van der Waals surface area contributed by atoms with Gasteiger partial charge in [0.2, 0.25) is 11.8 Å². The predicted molar refractivity (Wildman–Crippen MR) is 60.8 cm³/mol. The number of aryl methyl sites for hydroxylation is 1. The molecule has 0 spiro atoms. The SMILES string of the molecule is Cc1cc(F)ccc1N1CC(C(N)=O)CC1=O. The average Bonchev–Trinajstić information content (AvgIpc) is 2.61. The molecule has 5 heteroatoms. The van der Waals surface area contributed by atoms with Crippen molar-refractivity contribution in [3.8, 4) is 0 Å². The number of hydrogen-bond donors (Lipinski definition) is 1. The third kappa shape index (κ3) is 2.13. The fourth-order valence-electron chi connectivity index (χ4n) is 2.05. The van der Waals surface area contributed by atoms with Crippen molar-refractivity contribution in [2.75, 3.05) is 11.4 Å². The van der Waals surface area contributed by atoms with Gasteiger partial charge in [-0.05, 0) is 30.7 Å². The number of carbonyl (C=O) groups excluding carboxylic acids is 2. The lowest BCUT2D eigenvalue weighted by Crippen LogP contribution is -2.28. The van der Waals surface area contributed by atoms with Crippen LogP contribution in [0.3, 0.4) is 0 Å². The van der Waals surface area contributed by atoms with Crippen LogP contribution in [0.1, 0.15) is 12.0 Å². The smallest absolute Gasteiger partial charge is 0.227 e. The summed E-state index contributed by atoms with van der Waals surface area (Å²) >= 11 is 0. The molecule has 17 heavy (non-hydrogen) atoms. The minimum absolute atomic E-state index is 0.131. The highest BCUT2D eigenvalue weighted by molar-refractivity contribution is 6.00. The van der Waals surface area contributed by atoms with Gasteiger partial charge in [-0.25, -0.2) is 4.39 Å². The summed E-state index contributed by atoms with van der Waals surface area (Å²) in [6, 6.07) is 4.21. The van der Waals surface area contributed by atoms with Gasteiger partial charge in [-0.15, -0.1) is 0 Å². The largest absolute Gasteiger partial charge is 0.369 e. The molecule has 0 aliphatic carbocycles. The molecule has 2 rings (SSSR count). The zero-order chi connectivity index (χ0) is 12.6. The Morgan fingerprint density at radius 3 is 2.76 bits per heavy atom. The molecule has 0 bridgehead atoms. The second kappa shape index (κ2) is 4.16. The van der Waals surface area contributed by atoms with E-state index in [2.05, 4.69) is 0 Å². The molecule has 1 aliphatic heterocycles. The van der Waals surface area contributed by atoms with Crippen LogP contribution in [0.4, 0.5) is 10.1 Å². The summed E-state index contributed by atoms with van der Waals surface area (Å²) in [4.78, 5) is 24.3. The zero-order valence-corrected chi connectivity index (χ0v) is 9.44. The van der Waals surface area contributed by atoms with Crippen molar-refractivity contribution in [1.29, 1.82) is 0 Å². The first-order valence-corrected chi connectivity index (χ1v) is 5.35. The van der Waals surface area contributed by atoms with Crippen LogP contribution in [0.25, 0.3) is 0 Å². The molecule has 1 aromatic carbocycles. The van der Waals surface area contributed by atoms with E-state index in [4.69, 9.17) is 5.73 Å². The normalized spacial score (nSPS) is 19.8. The van der Waals surface area contributed by atoms with Crippen LogP contribution >= 0.6 is 0 Å². The maximum atomic E-state index is 13.0. The van der Waals surface area contributed by atoms with Gasteiger partial charge in [0.25, 0.3) is 0 Å². The lowest BCUT2D eigenvalue weighted by molar-refractivity contribution is -0.123. The molecule has 0 aromatic heterocycles. The van der Waals surface area contributed by atoms with E-state index in [0.29, 0.717) is 11.3 Å². The summed E-state index contributed by atoms with van der Waals surface area (Å²) in [5, 5.41) is 0. The van der Waals surface area contributed by atoms with E-state index in [1.54, 1.807) is 13.0 Å². The highest BCUT2D eigenvalue weighted by Gasteiger charge is 2.34. The first-order valence-electron chi connectivity index (χ1n) is 5.35. The number of amides is 2. The third-order valence-electron chi connectivity index (χ3n) is 2.98. The van der Waals surface area contributed by atoms with Crippen LogP contribution in [-0.2, 0) is 9.59 Å². The molecule has 1 aliphatic rings. The molecule has 0 saturated carbocycles. The molecular formula is C12H13FN2O2. The van der Waals surface area contributed by atoms with Crippen molar-refractivity contribution >= 4 is 17.5 Å². The maximum Gasteiger partial charge on any atom is 0.227 e. The Labute approximate surface area is 98.2 Å². The van der Waals surface area contributed by atoms with Crippen LogP contribution in [0.5, 0.6) is 0 Å². The van der Waals surface area contributed by atoms with E-state index in [9.17, 15) is 14.0 Å². The number of primary amides is 1. The van der Waals surface area contributed by atoms with Gasteiger partial charge < -0.3 is 10.6 Å². The van der Waals surface area contributed by atoms with Gasteiger partial charge in [0.15, 0.2) is 0 Å². The maximum absolute atomic E-state index is 13.0. The molecule has 1 fully saturated rings. The van der Waals surface area contributed by atoms with Crippen molar-refractivity contribution in [2.24, 2.45) is 11.7 Å². The number of halogens is 1. The predicted octanol–water partition coefficient (Wildman–Crippen LogP) is 0.972. The topological polar surface area (TPSA) is 63.4 Å². The number of nitrogens with zero attached hydrogens (tertiary/aromatic N) is 1. The van der Waals surface area contributed by atoms with E-state index in [1.165, 1.54) is 17.0 Å². The van der Waals surface area contributed by atoms with E-state index >= 15 is 0 Å². The molecule has 1 unspecified atom stereocenters. The number of nitrogens with two attached hydrogens (primary N) is 1. The Hall–Kier alpha value is -1.91. The zero-order valence-electron chi connectivity index (χ0n) is 9.44. The van der Waals surface area contributed by atoms with Gasteiger partial charge in [0, 0.05) is 18.7 Å². The van der Waals surface area contributed by atoms with E-state index in [-0.39, 0.29) is 24.7 Å². The van der Waals surface area contributed by atoms with Gasteiger partial charge >= 0.3 is 0 Å². The number of benzene rings is 1. The summed E-state index contributed by atoms with van der Waals surface area (Å²) in [5.74, 6) is -1.42. The quantitative estimate of drug-likeness (QED) is 0.831. The van der Waals surface area contributed by atoms with Gasteiger partial charge in [-0.3, -0.25) is 9.59 Å². The fourth-order valence-corrected chi connectivity index (χ4v) is 2.05. The molecule has 90 valence electrons. The third-order valence-corrected chi connectivity index (χ3v) is 2.98. The summed E-state index contributed by atoms with van der Waals surface area (Å²) in [6.07, 6.45) is 0.131. The Kier molecular flexibility index (Phi) is 2.83. The highest BCUT2D eigenvalue weighted by Crippen LogP contribution is 2.28. The minimum atomic E-state index is -0.472. The number of anilines is 1. The van der Waals surface area contributed by atoms with Gasteiger partial charge in [-0.2, -0.15) is 0 Å². The fraction of sp³-hybridized carbons (Fsp3) is 0.333. The monoisotopic (exact) mass is 236 g/mol. The molecule has 1 aromatic rings. The van der Waals surface area contributed by atoms with Crippen molar-refractivity contribution in [3.63, 3.8) is 0 Å². The number of carbonyl (C=O) groups is 2. The van der Waals surface area contributed by atoms with Crippen molar-refractivity contribution in [3.05, 3.63) is 29.6 Å². The Balaban J connectivity index is 2.29. The molecule has 1 atom stereocenters. The van der Waals surface area contributed by atoms with Gasteiger partial charge in [0.05, 0.1) is 5.92 Å². The second-order valence-corrected chi connectivity index (χ2v) is 4.24. The van der Waals surface area contributed by atoms with E-state index < -0.39 is 11.8 Å². The molecule has 1 heterocycles. The van der Waals surface area contributed by atoms with E-state index in [1.807, 2.05) is 0 Å². The van der Waals surface area contributed by atoms with Crippen LogP contribution in [0.2, 0.25) is 0 Å². The van der Waals surface area contributed by atoms with Gasteiger partial charge in [0.1, 0.15) is 5.82 Å². The summed E-state index contributed by atoms with van der Waals surface area (Å²) < 4.78 is 13.0. The highest BCUT2D eigenvalue weighted by atomic mass is 19.1. The lowest BCUT2D eigenvalue weighted by Gasteiger charge is -2.18. The second-order valence-electron chi connectivity index (χ2n) is 4.24. The molecule has 2 amide bonds. The Morgan fingerprint density at radius 1 is 1.53 bits per heavy atom. The van der Waals surface area contributed by atoms with Crippen LogP contribution < -0.4 is 10.6 Å². The van der Waals surface area contributed by atoms with Crippen LogP contribution in [0.15, 0.2) is 18.2 Å². The van der Waals surface area contributed by atoms with Crippen LogP contribution in [0, 0.1) is 18.7 Å². The van der Waals surface area contributed by atoms with Crippen molar-refractivity contribution < 1.29 is 14.0 Å². The van der Waals surface area contributed by atoms with Crippen molar-refractivity contribution in [1.82, 2.24) is 0 Å². The standard InChI is InChI=1S/C12H13FN2O2/c1-7-4-9(13)2-3-10(7)15-6-8(12(14)17)5-11(15)16/h2-4,8H,5-6H2,1H3,(H2,14,17). The number of hydrogen-bond acceptors (Lipinski definition) is 2. The van der Waals surface area contributed by atoms with Gasteiger partial charge in [-0.1, -0.05) is 0 Å². The minimum Gasteiger partial charge on any atom is -0.369 e. The summed E-state index contributed by atoms with van der Waals surface area (Å²) in [6.45, 7) is 2.00. The summed E-state index contributed by atoms with van der Waals surface area (Å²) in [7, 11) is 0. The van der Waals surface area contributed by atoms with E-state index in [0.717, 1.165) is 0 Å². The average molecular weight is 236 g/mol. The first-order chi connectivity index (χ1) is 7.99. The molecule has 1 saturated heterocycles. The number of rotatable bonds is 2. The Morgan fingerprint density at radius 2 is 2.24 bits per heavy atom. The first kappa shape index (κ1) is 11.6. The molecule has 2 N–H and O–H groups in total. The Bertz CT molecular complexity index is 487. The molecule has 4 nitrogen and oxygen atoms in total. The summed E-state index contributed by atoms with van der Waals surface area (Å²) in [5.41, 5.74) is 6.49. The lowest BCUT2D eigenvalue weighted by atomic mass is 10.1. The molecular weight excluding hydrogens is 223 g/mol.